The fraction of sp³-hybridized carbons (Fsp3) is 1.00. The summed E-state index contributed by atoms with van der Waals surface area (Å²) in [6.45, 7) is 10.0. The largest absolute Gasteiger partial charge is 0.373 e. The van der Waals surface area contributed by atoms with Crippen molar-refractivity contribution in [2.75, 3.05) is 36.9 Å². The molecule has 148 valence electrons. The van der Waals surface area contributed by atoms with Gasteiger partial charge in [-0.15, -0.1) is 0 Å². The highest BCUT2D eigenvalue weighted by molar-refractivity contribution is 7.91. The number of rotatable bonds is 6. The molecule has 0 aromatic rings. The van der Waals surface area contributed by atoms with Crippen LogP contribution in [0.15, 0.2) is 0 Å². The number of morpholine rings is 1. The lowest BCUT2D eigenvalue weighted by atomic mass is 10.0. The van der Waals surface area contributed by atoms with E-state index in [2.05, 4.69) is 9.62 Å². The van der Waals surface area contributed by atoms with Crippen LogP contribution in [0.5, 0.6) is 0 Å². The average molecular weight is 397 g/mol. The number of hydrogen-bond donors (Lipinski definition) is 1. The number of ether oxygens (including phenoxy) is 1. The SMILES string of the molecule is CC1CN(C(C)(C)CNS(=O)(=O)CC2CCS(=O)(=O)CC2)CC(C)O1. The Morgan fingerprint density at radius 1 is 1.12 bits per heavy atom. The van der Waals surface area contributed by atoms with Crippen molar-refractivity contribution in [1.82, 2.24) is 9.62 Å². The first-order chi connectivity index (χ1) is 11.4. The summed E-state index contributed by atoms with van der Waals surface area (Å²) in [4.78, 5) is 2.27. The molecule has 0 aliphatic carbocycles. The lowest BCUT2D eigenvalue weighted by Crippen LogP contribution is -2.58. The van der Waals surface area contributed by atoms with E-state index in [0.29, 0.717) is 19.4 Å². The van der Waals surface area contributed by atoms with Gasteiger partial charge in [0.15, 0.2) is 0 Å². The van der Waals surface area contributed by atoms with Gasteiger partial charge in [-0.1, -0.05) is 0 Å². The number of hydrogen-bond acceptors (Lipinski definition) is 6. The molecule has 2 unspecified atom stereocenters. The van der Waals surface area contributed by atoms with E-state index < -0.39 is 19.9 Å². The zero-order chi connectivity index (χ0) is 18.9. The van der Waals surface area contributed by atoms with Gasteiger partial charge in [0.1, 0.15) is 9.84 Å². The first-order valence-corrected chi connectivity index (χ1v) is 12.4. The second-order valence-electron chi connectivity index (χ2n) is 8.17. The van der Waals surface area contributed by atoms with Gasteiger partial charge in [-0.3, -0.25) is 4.90 Å². The van der Waals surface area contributed by atoms with E-state index in [4.69, 9.17) is 4.74 Å². The van der Waals surface area contributed by atoms with Gasteiger partial charge < -0.3 is 4.74 Å². The summed E-state index contributed by atoms with van der Waals surface area (Å²) in [5.74, 6) is 0.131. The molecule has 2 rings (SSSR count). The third kappa shape index (κ3) is 6.46. The Labute approximate surface area is 152 Å². The van der Waals surface area contributed by atoms with Crippen molar-refractivity contribution in [2.45, 2.75) is 58.3 Å². The molecule has 0 saturated carbocycles. The van der Waals surface area contributed by atoms with E-state index in [0.717, 1.165) is 13.1 Å². The summed E-state index contributed by atoms with van der Waals surface area (Å²) in [5.41, 5.74) is -0.310. The third-order valence-electron chi connectivity index (χ3n) is 5.13. The second kappa shape index (κ2) is 7.80. The molecule has 0 aromatic heterocycles. The Balaban J connectivity index is 1.88. The van der Waals surface area contributed by atoms with Crippen LogP contribution in [0.1, 0.15) is 40.5 Å². The van der Waals surface area contributed by atoms with E-state index >= 15 is 0 Å². The molecule has 1 N–H and O–H groups in total. The smallest absolute Gasteiger partial charge is 0.211 e. The van der Waals surface area contributed by atoms with Gasteiger partial charge in [-0.2, -0.15) is 0 Å². The van der Waals surface area contributed by atoms with Crippen LogP contribution in [-0.4, -0.2) is 76.4 Å². The molecule has 9 heteroatoms. The van der Waals surface area contributed by atoms with Crippen LogP contribution in [0.25, 0.3) is 0 Å². The third-order valence-corrected chi connectivity index (χ3v) is 8.34. The van der Waals surface area contributed by atoms with Crippen molar-refractivity contribution in [3.05, 3.63) is 0 Å². The van der Waals surface area contributed by atoms with Gasteiger partial charge >= 0.3 is 0 Å². The molecule has 0 amide bonds. The highest BCUT2D eigenvalue weighted by Gasteiger charge is 2.34. The average Bonchev–Trinajstić information content (AvgIpc) is 2.47. The van der Waals surface area contributed by atoms with Crippen LogP contribution in [-0.2, 0) is 24.6 Å². The summed E-state index contributed by atoms with van der Waals surface area (Å²) >= 11 is 0. The molecule has 0 radical (unpaired) electrons. The zero-order valence-corrected chi connectivity index (χ0v) is 17.3. The first kappa shape index (κ1) is 21.1. The summed E-state index contributed by atoms with van der Waals surface area (Å²) in [6.07, 6.45) is 1.13. The van der Waals surface area contributed by atoms with Gasteiger partial charge in [0, 0.05) is 25.2 Å². The van der Waals surface area contributed by atoms with Crippen molar-refractivity contribution >= 4 is 19.9 Å². The number of sulfone groups is 1. The normalized spacial score (nSPS) is 29.6. The van der Waals surface area contributed by atoms with Crippen molar-refractivity contribution in [2.24, 2.45) is 5.92 Å². The molecule has 0 aromatic carbocycles. The van der Waals surface area contributed by atoms with Crippen LogP contribution < -0.4 is 4.72 Å². The first-order valence-electron chi connectivity index (χ1n) is 8.97. The van der Waals surface area contributed by atoms with E-state index in [-0.39, 0.29) is 40.9 Å². The van der Waals surface area contributed by atoms with Crippen molar-refractivity contribution in [3.8, 4) is 0 Å². The monoisotopic (exact) mass is 396 g/mol. The summed E-state index contributed by atoms with van der Waals surface area (Å²) in [5, 5.41) is 0. The lowest BCUT2D eigenvalue weighted by molar-refractivity contribution is -0.0945. The van der Waals surface area contributed by atoms with E-state index in [1.165, 1.54) is 0 Å². The number of nitrogens with one attached hydrogen (secondary N) is 1. The minimum atomic E-state index is -3.42. The fourth-order valence-corrected chi connectivity index (χ4v) is 6.78. The Morgan fingerprint density at radius 3 is 2.16 bits per heavy atom. The number of nitrogens with zero attached hydrogens (tertiary/aromatic N) is 1. The molecule has 2 aliphatic heterocycles. The van der Waals surface area contributed by atoms with Gasteiger partial charge in [0.25, 0.3) is 0 Å². The molecule has 2 atom stereocenters. The Bertz CT molecular complexity index is 636. The van der Waals surface area contributed by atoms with Crippen LogP contribution >= 0.6 is 0 Å². The summed E-state index contributed by atoms with van der Waals surface area (Å²) in [7, 11) is -6.39. The van der Waals surface area contributed by atoms with Gasteiger partial charge in [-0.05, 0) is 46.5 Å². The maximum absolute atomic E-state index is 12.4. The standard InChI is InChI=1S/C16H32N2O5S2/c1-13-9-18(10-14(2)23-13)16(3,4)12-17-25(21,22)11-15-5-7-24(19,20)8-6-15/h13-15,17H,5-12H2,1-4H3. The molecule has 25 heavy (non-hydrogen) atoms. The highest BCUT2D eigenvalue weighted by atomic mass is 32.2. The topological polar surface area (TPSA) is 92.8 Å². The van der Waals surface area contributed by atoms with Crippen molar-refractivity contribution in [1.29, 1.82) is 0 Å². The molecule has 0 bridgehead atoms. The second-order valence-corrected chi connectivity index (χ2v) is 12.3. The van der Waals surface area contributed by atoms with E-state index in [9.17, 15) is 16.8 Å². The van der Waals surface area contributed by atoms with Gasteiger partial charge in [0.2, 0.25) is 10.0 Å². The van der Waals surface area contributed by atoms with Crippen molar-refractivity contribution in [3.63, 3.8) is 0 Å². The predicted molar refractivity (Wildman–Crippen MR) is 98.8 cm³/mol. The molecule has 2 fully saturated rings. The molecule has 2 aliphatic rings. The summed E-state index contributed by atoms with van der Waals surface area (Å²) < 4.78 is 56.2. The maximum atomic E-state index is 12.4. The highest BCUT2D eigenvalue weighted by Crippen LogP contribution is 2.22. The maximum Gasteiger partial charge on any atom is 0.211 e. The quantitative estimate of drug-likeness (QED) is 0.707. The zero-order valence-electron chi connectivity index (χ0n) is 15.7. The Kier molecular flexibility index (Phi) is 6.58. The van der Waals surface area contributed by atoms with E-state index in [1.807, 2.05) is 27.7 Å². The molecule has 7 nitrogen and oxygen atoms in total. The van der Waals surface area contributed by atoms with Crippen LogP contribution in [0.4, 0.5) is 0 Å². The lowest BCUT2D eigenvalue weighted by Gasteiger charge is -2.45. The minimum Gasteiger partial charge on any atom is -0.373 e. The fourth-order valence-electron chi connectivity index (χ4n) is 3.55. The molecular weight excluding hydrogens is 364 g/mol. The van der Waals surface area contributed by atoms with Crippen LogP contribution in [0.2, 0.25) is 0 Å². The Hall–Kier alpha value is -0.220. The Morgan fingerprint density at radius 2 is 1.64 bits per heavy atom. The van der Waals surface area contributed by atoms with Crippen LogP contribution in [0, 0.1) is 5.92 Å². The van der Waals surface area contributed by atoms with Gasteiger partial charge in [0.05, 0.1) is 29.5 Å². The molecule has 2 saturated heterocycles. The minimum absolute atomic E-state index is 0.00845. The summed E-state index contributed by atoms with van der Waals surface area (Å²) in [6, 6.07) is 0. The number of sulfonamides is 1. The van der Waals surface area contributed by atoms with Crippen LogP contribution in [0.3, 0.4) is 0 Å². The molecular formula is C16H32N2O5S2. The van der Waals surface area contributed by atoms with Crippen molar-refractivity contribution < 1.29 is 21.6 Å². The van der Waals surface area contributed by atoms with E-state index in [1.54, 1.807) is 0 Å². The predicted octanol–water partition coefficient (Wildman–Crippen LogP) is 0.618. The molecule has 0 spiro atoms. The molecule has 2 heterocycles. The van der Waals surface area contributed by atoms with Gasteiger partial charge in [-0.25, -0.2) is 21.6 Å².